The van der Waals surface area contributed by atoms with Crippen LogP contribution in [-0.4, -0.2) is 47.0 Å². The van der Waals surface area contributed by atoms with E-state index >= 15 is 0 Å². The fraction of sp³-hybridized carbons (Fsp3) is 0.318. The van der Waals surface area contributed by atoms with Crippen LogP contribution in [0.25, 0.3) is 11.1 Å². The van der Waals surface area contributed by atoms with E-state index in [-0.39, 0.29) is 11.9 Å². The lowest BCUT2D eigenvalue weighted by Gasteiger charge is -2.29. The van der Waals surface area contributed by atoms with Crippen molar-refractivity contribution in [2.24, 2.45) is 7.05 Å². The fourth-order valence-corrected chi connectivity index (χ4v) is 3.45. The molecule has 0 aliphatic carbocycles. The van der Waals surface area contributed by atoms with Gasteiger partial charge in [0.2, 0.25) is 0 Å². The number of anilines is 1. The van der Waals surface area contributed by atoms with E-state index in [0.29, 0.717) is 5.56 Å². The number of nitrogens with one attached hydrogen (secondary N) is 1. The molecule has 150 valence electrons. The first kappa shape index (κ1) is 19.1. The quantitative estimate of drug-likeness (QED) is 0.724. The lowest BCUT2D eigenvalue weighted by molar-refractivity contribution is 0.0939. The second kappa shape index (κ2) is 8.45. The third kappa shape index (κ3) is 4.46. The lowest BCUT2D eigenvalue weighted by atomic mass is 10.1. The van der Waals surface area contributed by atoms with Crippen LogP contribution in [0.5, 0.6) is 0 Å². The maximum Gasteiger partial charge on any atom is 0.253 e. The zero-order chi connectivity index (χ0) is 20.2. The van der Waals surface area contributed by atoms with Gasteiger partial charge in [-0.25, -0.2) is 0 Å². The van der Waals surface area contributed by atoms with Crippen LogP contribution in [0.2, 0.25) is 0 Å². The van der Waals surface area contributed by atoms with Crippen molar-refractivity contribution >= 4 is 11.6 Å². The van der Waals surface area contributed by atoms with Gasteiger partial charge in [0.15, 0.2) is 0 Å². The van der Waals surface area contributed by atoms with Crippen molar-refractivity contribution in [2.45, 2.75) is 13.0 Å². The van der Waals surface area contributed by atoms with Crippen LogP contribution in [0.15, 0.2) is 55.1 Å². The van der Waals surface area contributed by atoms with Crippen molar-refractivity contribution in [1.82, 2.24) is 20.1 Å². The van der Waals surface area contributed by atoms with Crippen LogP contribution in [0.1, 0.15) is 28.9 Å². The molecule has 7 heteroatoms. The molecule has 4 rings (SSSR count). The predicted molar refractivity (Wildman–Crippen MR) is 112 cm³/mol. The summed E-state index contributed by atoms with van der Waals surface area (Å²) in [6, 6.07) is 10.1. The maximum atomic E-state index is 12.7. The second-order valence-electron chi connectivity index (χ2n) is 7.25. The average molecular weight is 391 g/mol. The summed E-state index contributed by atoms with van der Waals surface area (Å²) >= 11 is 0. The number of morpholine rings is 1. The Morgan fingerprint density at radius 1 is 1.10 bits per heavy atom. The Morgan fingerprint density at radius 2 is 1.86 bits per heavy atom. The summed E-state index contributed by atoms with van der Waals surface area (Å²) < 4.78 is 7.13. The summed E-state index contributed by atoms with van der Waals surface area (Å²) in [6.07, 6.45) is 6.99. The van der Waals surface area contributed by atoms with Crippen molar-refractivity contribution in [3.05, 3.63) is 66.2 Å². The molecule has 1 saturated heterocycles. The van der Waals surface area contributed by atoms with Gasteiger partial charge in [0.1, 0.15) is 0 Å². The third-order valence-corrected chi connectivity index (χ3v) is 5.16. The summed E-state index contributed by atoms with van der Waals surface area (Å²) in [6.45, 7) is 5.33. The number of hydrogen-bond acceptors (Lipinski definition) is 5. The molecule has 1 aliphatic rings. The van der Waals surface area contributed by atoms with Crippen molar-refractivity contribution in [2.75, 3.05) is 31.2 Å². The van der Waals surface area contributed by atoms with Gasteiger partial charge >= 0.3 is 0 Å². The number of rotatable bonds is 5. The molecule has 3 aromatic rings. The average Bonchev–Trinajstić information content (AvgIpc) is 3.21. The van der Waals surface area contributed by atoms with E-state index in [1.165, 1.54) is 5.69 Å². The summed E-state index contributed by atoms with van der Waals surface area (Å²) in [5.74, 6) is -0.145. The molecule has 1 aromatic carbocycles. The summed E-state index contributed by atoms with van der Waals surface area (Å²) in [5.41, 5.74) is 4.58. The normalized spacial score (nSPS) is 15.2. The van der Waals surface area contributed by atoms with E-state index in [1.54, 1.807) is 23.3 Å². The van der Waals surface area contributed by atoms with Crippen molar-refractivity contribution in [1.29, 1.82) is 0 Å². The van der Waals surface area contributed by atoms with Gasteiger partial charge in [-0.1, -0.05) is 12.1 Å². The van der Waals surface area contributed by atoms with E-state index < -0.39 is 0 Å². The van der Waals surface area contributed by atoms with Gasteiger partial charge in [-0.3, -0.25) is 14.5 Å². The SMILES string of the molecule is C[C@@H](NC(=O)c1cncc(-c2cnn(C)c2)c1)c1ccc(N2CCOCC2)cc1. The third-order valence-electron chi connectivity index (χ3n) is 5.16. The zero-order valence-electron chi connectivity index (χ0n) is 16.7. The number of carbonyl (C=O) groups excluding carboxylic acids is 1. The van der Waals surface area contributed by atoms with Gasteiger partial charge in [-0.15, -0.1) is 0 Å². The standard InChI is InChI=1S/C22H25N5O2/c1-16(17-3-5-21(6-4-17)27-7-9-29-10-8-27)25-22(28)19-11-18(12-23-13-19)20-14-24-26(2)15-20/h3-6,11-16H,7-10H2,1-2H3,(H,25,28)/t16-/m1/s1. The van der Waals surface area contributed by atoms with Crippen LogP contribution in [0.4, 0.5) is 5.69 Å². The summed E-state index contributed by atoms with van der Waals surface area (Å²) in [5, 5.41) is 7.24. The predicted octanol–water partition coefficient (Wildman–Crippen LogP) is 2.81. The Balaban J connectivity index is 1.43. The Labute approximate surface area is 170 Å². The minimum atomic E-state index is -0.145. The first-order valence-corrected chi connectivity index (χ1v) is 9.78. The number of ether oxygens (including phenoxy) is 1. The van der Waals surface area contributed by atoms with Gasteiger partial charge in [0.25, 0.3) is 5.91 Å². The molecule has 1 fully saturated rings. The maximum absolute atomic E-state index is 12.7. The number of hydrogen-bond donors (Lipinski definition) is 1. The Morgan fingerprint density at radius 3 is 2.55 bits per heavy atom. The van der Waals surface area contributed by atoms with Gasteiger partial charge in [0, 0.05) is 55.5 Å². The fourth-order valence-electron chi connectivity index (χ4n) is 3.45. The zero-order valence-corrected chi connectivity index (χ0v) is 16.7. The van der Waals surface area contributed by atoms with Crippen LogP contribution in [0, 0.1) is 0 Å². The van der Waals surface area contributed by atoms with Crippen molar-refractivity contribution in [3.63, 3.8) is 0 Å². The number of aromatic nitrogens is 3. The van der Waals surface area contributed by atoms with Gasteiger partial charge < -0.3 is 15.0 Å². The topological polar surface area (TPSA) is 72.3 Å². The van der Waals surface area contributed by atoms with E-state index in [4.69, 9.17) is 4.74 Å². The lowest BCUT2D eigenvalue weighted by Crippen LogP contribution is -2.36. The van der Waals surface area contributed by atoms with Gasteiger partial charge in [-0.05, 0) is 30.7 Å². The molecule has 1 N–H and O–H groups in total. The molecule has 1 aliphatic heterocycles. The van der Waals surface area contributed by atoms with Crippen LogP contribution in [-0.2, 0) is 11.8 Å². The van der Waals surface area contributed by atoms with E-state index in [2.05, 4.69) is 44.6 Å². The van der Waals surface area contributed by atoms with Crippen molar-refractivity contribution < 1.29 is 9.53 Å². The molecule has 1 atom stereocenters. The van der Waals surface area contributed by atoms with Gasteiger partial charge in [0.05, 0.1) is 31.0 Å². The molecule has 29 heavy (non-hydrogen) atoms. The molecule has 1 amide bonds. The van der Waals surface area contributed by atoms with Crippen LogP contribution in [0.3, 0.4) is 0 Å². The largest absolute Gasteiger partial charge is 0.378 e. The van der Waals surface area contributed by atoms with Crippen molar-refractivity contribution in [3.8, 4) is 11.1 Å². The highest BCUT2D eigenvalue weighted by Gasteiger charge is 2.15. The highest BCUT2D eigenvalue weighted by atomic mass is 16.5. The smallest absolute Gasteiger partial charge is 0.253 e. The number of benzene rings is 1. The molecule has 0 unspecified atom stereocenters. The Kier molecular flexibility index (Phi) is 5.57. The molecule has 3 heterocycles. The molecular weight excluding hydrogens is 366 g/mol. The first-order chi connectivity index (χ1) is 14.1. The number of nitrogens with zero attached hydrogens (tertiary/aromatic N) is 4. The Hall–Kier alpha value is -3.19. The first-order valence-electron chi connectivity index (χ1n) is 9.78. The molecule has 0 spiro atoms. The highest BCUT2D eigenvalue weighted by molar-refractivity contribution is 5.95. The van der Waals surface area contributed by atoms with Crippen LogP contribution >= 0.6 is 0 Å². The summed E-state index contributed by atoms with van der Waals surface area (Å²) in [4.78, 5) is 19.3. The second-order valence-corrected chi connectivity index (χ2v) is 7.25. The van der Waals surface area contributed by atoms with E-state index in [1.807, 2.05) is 26.2 Å². The highest BCUT2D eigenvalue weighted by Crippen LogP contribution is 2.22. The van der Waals surface area contributed by atoms with Crippen LogP contribution < -0.4 is 10.2 Å². The summed E-state index contributed by atoms with van der Waals surface area (Å²) in [7, 11) is 1.86. The Bertz CT molecular complexity index is 977. The minimum absolute atomic E-state index is 0.108. The number of pyridine rings is 1. The molecule has 7 nitrogen and oxygen atoms in total. The monoisotopic (exact) mass is 391 g/mol. The van der Waals surface area contributed by atoms with Gasteiger partial charge in [-0.2, -0.15) is 5.10 Å². The molecule has 0 radical (unpaired) electrons. The molecule has 2 aromatic heterocycles. The number of carbonyl (C=O) groups is 1. The van der Waals surface area contributed by atoms with E-state index in [0.717, 1.165) is 43.0 Å². The minimum Gasteiger partial charge on any atom is -0.378 e. The number of aryl methyl sites for hydroxylation is 1. The number of amides is 1. The van der Waals surface area contributed by atoms with E-state index in [9.17, 15) is 4.79 Å². The molecule has 0 bridgehead atoms. The molecular formula is C22H25N5O2. The molecule has 0 saturated carbocycles.